The van der Waals surface area contributed by atoms with Crippen molar-refractivity contribution >= 4 is 11.6 Å². The molecular weight excluding hydrogens is 240 g/mol. The largest absolute Gasteiger partial charge is 0.378 e. The zero-order chi connectivity index (χ0) is 13.7. The van der Waals surface area contributed by atoms with Crippen LogP contribution in [0.1, 0.15) is 36.8 Å². The van der Waals surface area contributed by atoms with Gasteiger partial charge >= 0.3 is 0 Å². The molecule has 0 aromatic heterocycles. The number of nitrogens with one attached hydrogen (secondary N) is 1. The Balaban J connectivity index is 1.94. The molecule has 1 aromatic carbocycles. The van der Waals surface area contributed by atoms with Crippen molar-refractivity contribution in [1.82, 2.24) is 0 Å². The lowest BCUT2D eigenvalue weighted by molar-refractivity contribution is -0.119. The van der Waals surface area contributed by atoms with Gasteiger partial charge in [0.15, 0.2) is 0 Å². The van der Waals surface area contributed by atoms with Crippen LogP contribution in [0.3, 0.4) is 0 Å². The number of anilines is 1. The van der Waals surface area contributed by atoms with Crippen LogP contribution in [-0.2, 0) is 16.1 Å². The molecule has 104 valence electrons. The van der Waals surface area contributed by atoms with Gasteiger partial charge in [0, 0.05) is 18.8 Å². The molecule has 1 unspecified atom stereocenters. The number of amides is 1. The third-order valence-electron chi connectivity index (χ3n) is 3.50. The molecule has 1 aliphatic heterocycles. The summed E-state index contributed by atoms with van der Waals surface area (Å²) in [5, 5.41) is 2.96. The topological polar surface area (TPSA) is 64.3 Å². The number of carbonyl (C=O) groups excluding carboxylic acids is 1. The van der Waals surface area contributed by atoms with Gasteiger partial charge in [0.1, 0.15) is 0 Å². The van der Waals surface area contributed by atoms with E-state index in [-0.39, 0.29) is 12.0 Å². The first-order valence-corrected chi connectivity index (χ1v) is 6.90. The normalized spacial score (nSPS) is 19.2. The van der Waals surface area contributed by atoms with Gasteiger partial charge in [-0.3, -0.25) is 4.79 Å². The number of benzene rings is 1. The minimum Gasteiger partial charge on any atom is -0.378 e. The van der Waals surface area contributed by atoms with Crippen LogP contribution in [0.2, 0.25) is 0 Å². The summed E-state index contributed by atoms with van der Waals surface area (Å²) in [7, 11) is 0. The van der Waals surface area contributed by atoms with Crippen molar-refractivity contribution in [3.8, 4) is 0 Å². The number of nitrogens with two attached hydrogens (primary N) is 1. The molecule has 1 aromatic rings. The summed E-state index contributed by atoms with van der Waals surface area (Å²) in [5.41, 5.74) is 8.54. The van der Waals surface area contributed by atoms with Crippen molar-refractivity contribution in [3.63, 3.8) is 0 Å². The average Bonchev–Trinajstić information content (AvgIpc) is 2.42. The van der Waals surface area contributed by atoms with E-state index in [0.29, 0.717) is 13.0 Å². The molecule has 1 amide bonds. The maximum atomic E-state index is 12.0. The van der Waals surface area contributed by atoms with Gasteiger partial charge in [0.05, 0.1) is 12.5 Å². The van der Waals surface area contributed by atoms with E-state index in [1.165, 1.54) is 0 Å². The van der Waals surface area contributed by atoms with Crippen molar-refractivity contribution in [2.24, 2.45) is 5.73 Å². The second-order valence-electron chi connectivity index (χ2n) is 5.09. The zero-order valence-corrected chi connectivity index (χ0v) is 11.4. The summed E-state index contributed by atoms with van der Waals surface area (Å²) >= 11 is 0. The Kier molecular flexibility index (Phi) is 4.93. The Labute approximate surface area is 114 Å². The summed E-state index contributed by atoms with van der Waals surface area (Å²) in [6, 6.07) is 5.90. The highest BCUT2D eigenvalue weighted by Gasteiger charge is 2.18. The van der Waals surface area contributed by atoms with Crippen LogP contribution in [0.5, 0.6) is 0 Å². The van der Waals surface area contributed by atoms with E-state index in [4.69, 9.17) is 10.5 Å². The fraction of sp³-hybridized carbons (Fsp3) is 0.533. The van der Waals surface area contributed by atoms with Crippen molar-refractivity contribution in [2.45, 2.75) is 45.3 Å². The average molecular weight is 262 g/mol. The lowest BCUT2D eigenvalue weighted by Gasteiger charge is -2.22. The monoisotopic (exact) mass is 262 g/mol. The van der Waals surface area contributed by atoms with Gasteiger partial charge < -0.3 is 15.8 Å². The lowest BCUT2D eigenvalue weighted by atomic mass is 10.1. The predicted molar refractivity (Wildman–Crippen MR) is 75.9 cm³/mol. The highest BCUT2D eigenvalue weighted by molar-refractivity contribution is 5.91. The number of aryl methyl sites for hydroxylation is 1. The molecule has 19 heavy (non-hydrogen) atoms. The highest BCUT2D eigenvalue weighted by atomic mass is 16.5. The first kappa shape index (κ1) is 14.0. The molecule has 0 spiro atoms. The van der Waals surface area contributed by atoms with E-state index in [1.807, 2.05) is 25.1 Å². The smallest absolute Gasteiger partial charge is 0.226 e. The number of ether oxygens (including phenoxy) is 1. The van der Waals surface area contributed by atoms with Crippen LogP contribution in [0, 0.1) is 6.92 Å². The number of hydrogen-bond donors (Lipinski definition) is 2. The third kappa shape index (κ3) is 4.04. The standard InChI is InChI=1S/C15H22N2O2/c1-11-5-6-12(10-16)8-14(11)17-15(18)9-13-4-2-3-7-19-13/h5-6,8,13H,2-4,7,9-10,16H2,1H3,(H,17,18). The quantitative estimate of drug-likeness (QED) is 0.875. The summed E-state index contributed by atoms with van der Waals surface area (Å²) < 4.78 is 5.58. The van der Waals surface area contributed by atoms with Gasteiger partial charge in [-0.2, -0.15) is 0 Å². The van der Waals surface area contributed by atoms with E-state index < -0.39 is 0 Å². The Morgan fingerprint density at radius 2 is 2.32 bits per heavy atom. The van der Waals surface area contributed by atoms with Crippen molar-refractivity contribution < 1.29 is 9.53 Å². The van der Waals surface area contributed by atoms with Gasteiger partial charge in [-0.1, -0.05) is 12.1 Å². The molecule has 1 atom stereocenters. The molecule has 1 heterocycles. The number of rotatable bonds is 4. The zero-order valence-electron chi connectivity index (χ0n) is 11.4. The second-order valence-corrected chi connectivity index (χ2v) is 5.09. The van der Waals surface area contributed by atoms with Gasteiger partial charge in [0.2, 0.25) is 5.91 Å². The van der Waals surface area contributed by atoms with E-state index in [1.54, 1.807) is 0 Å². The van der Waals surface area contributed by atoms with Crippen molar-refractivity contribution in [3.05, 3.63) is 29.3 Å². The number of carbonyl (C=O) groups is 1. The number of hydrogen-bond acceptors (Lipinski definition) is 3. The minimum absolute atomic E-state index is 0.0178. The van der Waals surface area contributed by atoms with E-state index >= 15 is 0 Å². The van der Waals surface area contributed by atoms with Crippen LogP contribution < -0.4 is 11.1 Å². The van der Waals surface area contributed by atoms with Crippen LogP contribution in [0.4, 0.5) is 5.69 Å². The molecule has 4 nitrogen and oxygen atoms in total. The fourth-order valence-electron chi connectivity index (χ4n) is 2.31. The first-order valence-electron chi connectivity index (χ1n) is 6.90. The van der Waals surface area contributed by atoms with Gasteiger partial charge in [-0.15, -0.1) is 0 Å². The SMILES string of the molecule is Cc1ccc(CN)cc1NC(=O)CC1CCCCO1. The molecule has 1 saturated heterocycles. The van der Waals surface area contributed by atoms with Crippen LogP contribution >= 0.6 is 0 Å². The third-order valence-corrected chi connectivity index (χ3v) is 3.50. The van der Waals surface area contributed by atoms with E-state index in [2.05, 4.69) is 5.32 Å². The summed E-state index contributed by atoms with van der Waals surface area (Å²) in [5.74, 6) is 0.0178. The summed E-state index contributed by atoms with van der Waals surface area (Å²) in [6.45, 7) is 3.24. The lowest BCUT2D eigenvalue weighted by Crippen LogP contribution is -2.25. The minimum atomic E-state index is 0.0178. The molecule has 0 saturated carbocycles. The molecule has 0 bridgehead atoms. The molecule has 2 rings (SSSR count). The van der Waals surface area contributed by atoms with Gasteiger partial charge in [-0.05, 0) is 43.4 Å². The highest BCUT2D eigenvalue weighted by Crippen LogP contribution is 2.19. The maximum absolute atomic E-state index is 12.0. The Morgan fingerprint density at radius 1 is 1.47 bits per heavy atom. The molecule has 4 heteroatoms. The second kappa shape index (κ2) is 6.68. The van der Waals surface area contributed by atoms with Gasteiger partial charge in [0.25, 0.3) is 0 Å². The first-order chi connectivity index (χ1) is 9.19. The molecule has 1 fully saturated rings. The van der Waals surface area contributed by atoms with E-state index in [0.717, 1.165) is 42.7 Å². The summed E-state index contributed by atoms with van der Waals surface area (Å²) in [4.78, 5) is 12.0. The van der Waals surface area contributed by atoms with E-state index in [9.17, 15) is 4.79 Å². The van der Waals surface area contributed by atoms with Gasteiger partial charge in [-0.25, -0.2) is 0 Å². The molecular formula is C15H22N2O2. The molecule has 1 aliphatic rings. The Bertz CT molecular complexity index is 440. The Hall–Kier alpha value is -1.39. The molecule has 0 radical (unpaired) electrons. The van der Waals surface area contributed by atoms with Crippen molar-refractivity contribution in [1.29, 1.82) is 0 Å². The fourth-order valence-corrected chi connectivity index (χ4v) is 2.31. The Morgan fingerprint density at radius 3 is 3.00 bits per heavy atom. The predicted octanol–water partition coefficient (Wildman–Crippen LogP) is 2.35. The summed E-state index contributed by atoms with van der Waals surface area (Å²) in [6.07, 6.45) is 3.75. The van der Waals surface area contributed by atoms with Crippen LogP contribution in [0.15, 0.2) is 18.2 Å². The maximum Gasteiger partial charge on any atom is 0.226 e. The van der Waals surface area contributed by atoms with Crippen LogP contribution in [-0.4, -0.2) is 18.6 Å². The van der Waals surface area contributed by atoms with Crippen molar-refractivity contribution in [2.75, 3.05) is 11.9 Å². The molecule has 3 N–H and O–H groups in total. The molecule has 0 aliphatic carbocycles. The van der Waals surface area contributed by atoms with Crippen LogP contribution in [0.25, 0.3) is 0 Å².